The van der Waals surface area contributed by atoms with E-state index in [1.165, 1.54) is 0 Å². The van der Waals surface area contributed by atoms with E-state index in [0.717, 1.165) is 32.7 Å². The summed E-state index contributed by atoms with van der Waals surface area (Å²) < 4.78 is 10.6. The predicted octanol–water partition coefficient (Wildman–Crippen LogP) is 1.13. The van der Waals surface area contributed by atoms with Crippen molar-refractivity contribution in [3.05, 3.63) is 0 Å². The summed E-state index contributed by atoms with van der Waals surface area (Å²) in [5, 5.41) is 0. The van der Waals surface area contributed by atoms with Crippen LogP contribution in [-0.4, -0.2) is 50.5 Å². The molecule has 3 heteroatoms. The quantitative estimate of drug-likeness (QED) is 0.616. The maximum Gasteiger partial charge on any atom is 0.0700 e. The summed E-state index contributed by atoms with van der Waals surface area (Å²) in [5.41, 5.74) is 0. The molecule has 1 saturated heterocycles. The first-order valence-electron chi connectivity index (χ1n) is 5.10. The van der Waals surface area contributed by atoms with Gasteiger partial charge in [-0.15, -0.1) is 0 Å². The first-order valence-corrected chi connectivity index (χ1v) is 5.10. The molecule has 2 atom stereocenters. The molecule has 1 rings (SSSR count). The first kappa shape index (κ1) is 11.0. The van der Waals surface area contributed by atoms with E-state index < -0.39 is 0 Å². The fraction of sp³-hybridized carbons (Fsp3) is 1.00. The molecule has 1 heterocycles. The number of ether oxygens (including phenoxy) is 2. The molecule has 78 valence electrons. The third-order valence-electron chi connectivity index (χ3n) is 2.81. The van der Waals surface area contributed by atoms with E-state index in [1.807, 2.05) is 0 Å². The summed E-state index contributed by atoms with van der Waals surface area (Å²) in [5.74, 6) is 0. The number of hydrogen-bond donors (Lipinski definition) is 0. The maximum atomic E-state index is 5.55. The zero-order valence-corrected chi connectivity index (χ0v) is 8.95. The van der Waals surface area contributed by atoms with Gasteiger partial charge in [-0.25, -0.2) is 0 Å². The molecule has 1 fully saturated rings. The van der Waals surface area contributed by atoms with Gasteiger partial charge in [0.2, 0.25) is 0 Å². The zero-order chi connectivity index (χ0) is 9.68. The van der Waals surface area contributed by atoms with Crippen LogP contribution in [-0.2, 0) is 9.47 Å². The molecule has 0 aromatic rings. The Balaban J connectivity index is 2.23. The molecule has 2 unspecified atom stereocenters. The monoisotopic (exact) mass is 187 g/mol. The lowest BCUT2D eigenvalue weighted by atomic mass is 10.1. The second-order valence-corrected chi connectivity index (χ2v) is 3.70. The van der Waals surface area contributed by atoms with Gasteiger partial charge in [0.05, 0.1) is 12.7 Å². The van der Waals surface area contributed by atoms with Crippen molar-refractivity contribution in [2.45, 2.75) is 32.4 Å². The minimum atomic E-state index is 0.372. The van der Waals surface area contributed by atoms with Crippen LogP contribution in [0.4, 0.5) is 0 Å². The molecule has 1 aliphatic rings. The van der Waals surface area contributed by atoms with Crippen molar-refractivity contribution in [1.29, 1.82) is 0 Å². The minimum absolute atomic E-state index is 0.372. The van der Waals surface area contributed by atoms with Crippen LogP contribution in [0.15, 0.2) is 0 Å². The highest BCUT2D eigenvalue weighted by molar-refractivity contribution is 4.77. The normalized spacial score (nSPS) is 30.7. The van der Waals surface area contributed by atoms with Crippen molar-refractivity contribution in [1.82, 2.24) is 4.90 Å². The molecule has 3 nitrogen and oxygen atoms in total. The van der Waals surface area contributed by atoms with Gasteiger partial charge in [-0.1, -0.05) is 0 Å². The zero-order valence-electron chi connectivity index (χ0n) is 8.95. The standard InChI is InChI=1S/C10H21NO2/c1-9-10(2)13-8-6-11(9)5-4-7-12-3/h9-10H,4-8H2,1-3H3. The van der Waals surface area contributed by atoms with Gasteiger partial charge in [0, 0.05) is 32.8 Å². The van der Waals surface area contributed by atoms with Crippen LogP contribution in [0.3, 0.4) is 0 Å². The van der Waals surface area contributed by atoms with E-state index in [0.29, 0.717) is 12.1 Å². The van der Waals surface area contributed by atoms with Crippen molar-refractivity contribution in [2.75, 3.05) is 33.4 Å². The summed E-state index contributed by atoms with van der Waals surface area (Å²) in [6.45, 7) is 8.30. The lowest BCUT2D eigenvalue weighted by molar-refractivity contribution is -0.0567. The number of morpholine rings is 1. The highest BCUT2D eigenvalue weighted by Crippen LogP contribution is 2.13. The van der Waals surface area contributed by atoms with Gasteiger partial charge in [-0.2, -0.15) is 0 Å². The molecular formula is C10H21NO2. The molecular weight excluding hydrogens is 166 g/mol. The number of rotatable bonds is 4. The van der Waals surface area contributed by atoms with Gasteiger partial charge < -0.3 is 9.47 Å². The third kappa shape index (κ3) is 3.25. The summed E-state index contributed by atoms with van der Waals surface area (Å²) >= 11 is 0. The third-order valence-corrected chi connectivity index (χ3v) is 2.81. The van der Waals surface area contributed by atoms with Crippen molar-refractivity contribution < 1.29 is 9.47 Å². The van der Waals surface area contributed by atoms with Crippen molar-refractivity contribution in [2.24, 2.45) is 0 Å². The van der Waals surface area contributed by atoms with Crippen LogP contribution >= 0.6 is 0 Å². The fourth-order valence-corrected chi connectivity index (χ4v) is 1.72. The lowest BCUT2D eigenvalue weighted by Crippen LogP contribution is -2.48. The van der Waals surface area contributed by atoms with Crippen LogP contribution in [0.25, 0.3) is 0 Å². The van der Waals surface area contributed by atoms with E-state index in [1.54, 1.807) is 7.11 Å². The van der Waals surface area contributed by atoms with Gasteiger partial charge in [0.1, 0.15) is 0 Å². The largest absolute Gasteiger partial charge is 0.385 e. The van der Waals surface area contributed by atoms with Crippen molar-refractivity contribution in [3.63, 3.8) is 0 Å². The van der Waals surface area contributed by atoms with Crippen LogP contribution in [0.2, 0.25) is 0 Å². The molecule has 0 aromatic heterocycles. The predicted molar refractivity (Wildman–Crippen MR) is 52.9 cm³/mol. The van der Waals surface area contributed by atoms with Gasteiger partial charge >= 0.3 is 0 Å². The summed E-state index contributed by atoms with van der Waals surface area (Å²) in [6, 6.07) is 0.547. The summed E-state index contributed by atoms with van der Waals surface area (Å²) in [7, 11) is 1.76. The van der Waals surface area contributed by atoms with Crippen molar-refractivity contribution >= 4 is 0 Å². The molecule has 0 radical (unpaired) electrons. The fourth-order valence-electron chi connectivity index (χ4n) is 1.72. The summed E-state index contributed by atoms with van der Waals surface area (Å²) in [4.78, 5) is 2.48. The molecule has 1 aliphatic heterocycles. The van der Waals surface area contributed by atoms with E-state index >= 15 is 0 Å². The Morgan fingerprint density at radius 2 is 2.23 bits per heavy atom. The SMILES string of the molecule is COCCCN1CCOC(C)C1C. The second-order valence-electron chi connectivity index (χ2n) is 3.70. The van der Waals surface area contributed by atoms with Gasteiger partial charge in [0.15, 0.2) is 0 Å². The molecule has 0 aromatic carbocycles. The average Bonchev–Trinajstić information content (AvgIpc) is 2.13. The van der Waals surface area contributed by atoms with Gasteiger partial charge in [0.25, 0.3) is 0 Å². The highest BCUT2D eigenvalue weighted by atomic mass is 16.5. The van der Waals surface area contributed by atoms with Crippen LogP contribution in [0, 0.1) is 0 Å². The van der Waals surface area contributed by atoms with Gasteiger partial charge in [-0.3, -0.25) is 4.90 Å². The van der Waals surface area contributed by atoms with E-state index in [4.69, 9.17) is 9.47 Å². The molecule has 0 amide bonds. The van der Waals surface area contributed by atoms with E-state index in [9.17, 15) is 0 Å². The molecule has 0 aliphatic carbocycles. The Hall–Kier alpha value is -0.120. The van der Waals surface area contributed by atoms with Crippen molar-refractivity contribution in [3.8, 4) is 0 Å². The first-order chi connectivity index (χ1) is 6.25. The Morgan fingerprint density at radius 3 is 2.92 bits per heavy atom. The average molecular weight is 187 g/mol. The van der Waals surface area contributed by atoms with E-state index in [2.05, 4.69) is 18.7 Å². The molecule has 0 bridgehead atoms. The Kier molecular flexibility index (Phi) is 4.70. The van der Waals surface area contributed by atoms with Crippen LogP contribution < -0.4 is 0 Å². The molecule has 0 saturated carbocycles. The molecule has 0 spiro atoms. The second kappa shape index (κ2) is 5.58. The summed E-state index contributed by atoms with van der Waals surface area (Å²) in [6.07, 6.45) is 1.49. The maximum absolute atomic E-state index is 5.55. The number of hydrogen-bond acceptors (Lipinski definition) is 3. The van der Waals surface area contributed by atoms with Gasteiger partial charge in [-0.05, 0) is 20.3 Å². The number of nitrogens with zero attached hydrogens (tertiary/aromatic N) is 1. The lowest BCUT2D eigenvalue weighted by Gasteiger charge is -2.37. The van der Waals surface area contributed by atoms with E-state index in [-0.39, 0.29) is 0 Å². The van der Waals surface area contributed by atoms with Crippen LogP contribution in [0.1, 0.15) is 20.3 Å². The highest BCUT2D eigenvalue weighted by Gasteiger charge is 2.24. The Labute approximate surface area is 81.0 Å². The van der Waals surface area contributed by atoms with Crippen LogP contribution in [0.5, 0.6) is 0 Å². The topological polar surface area (TPSA) is 21.7 Å². The number of methoxy groups -OCH3 is 1. The smallest absolute Gasteiger partial charge is 0.0700 e. The molecule has 13 heavy (non-hydrogen) atoms. The minimum Gasteiger partial charge on any atom is -0.385 e. The molecule has 0 N–H and O–H groups in total. The Bertz CT molecular complexity index is 141. The Morgan fingerprint density at radius 1 is 1.46 bits per heavy atom.